The molecule has 0 atom stereocenters. The molecule has 0 aromatic heterocycles. The summed E-state index contributed by atoms with van der Waals surface area (Å²) < 4.78 is 0. The Morgan fingerprint density at radius 3 is 2.00 bits per heavy atom. The molecule has 4 rings (SSSR count). The Hall–Kier alpha value is -0.820. The fourth-order valence-electron chi connectivity index (χ4n) is 4.40. The van der Waals surface area contributed by atoms with Gasteiger partial charge in [0.1, 0.15) is 0 Å². The van der Waals surface area contributed by atoms with E-state index in [0.29, 0.717) is 0 Å². The molecule has 0 aliphatic heterocycles. The van der Waals surface area contributed by atoms with Gasteiger partial charge in [0.2, 0.25) is 0 Å². The maximum atomic E-state index is 3.57. The second-order valence-electron chi connectivity index (χ2n) is 7.80. The third-order valence-electron chi connectivity index (χ3n) is 6.48. The minimum absolute atomic E-state index is 0. The first-order valence-electron chi connectivity index (χ1n) is 9.89. The van der Waals surface area contributed by atoms with E-state index < -0.39 is 0 Å². The fourth-order valence-corrected chi connectivity index (χ4v) is 4.40. The van der Waals surface area contributed by atoms with Crippen LogP contribution in [0.2, 0.25) is 0 Å². The first-order chi connectivity index (χ1) is 12.0. The minimum Gasteiger partial charge on any atom is -0.358 e. The van der Waals surface area contributed by atoms with Gasteiger partial charge in [-0.15, -0.1) is 17.5 Å². The van der Waals surface area contributed by atoms with Gasteiger partial charge in [-0.2, -0.15) is 33.4 Å². The Morgan fingerprint density at radius 1 is 0.929 bits per heavy atom. The second kappa shape index (κ2) is 11.4. The summed E-state index contributed by atoms with van der Waals surface area (Å²) in [7, 11) is 0. The van der Waals surface area contributed by atoms with Crippen LogP contribution in [0, 0.1) is 55.5 Å². The molecule has 1 heteroatoms. The van der Waals surface area contributed by atoms with Gasteiger partial charge in [0.25, 0.3) is 0 Å². The zero-order valence-corrected chi connectivity index (χ0v) is 23.0. The third kappa shape index (κ3) is 5.02. The van der Waals surface area contributed by atoms with Crippen molar-refractivity contribution >= 4 is 5.57 Å². The summed E-state index contributed by atoms with van der Waals surface area (Å²) in [4.78, 5) is 0. The van der Waals surface area contributed by atoms with Gasteiger partial charge in [0.15, 0.2) is 0 Å². The summed E-state index contributed by atoms with van der Waals surface area (Å²) in [5, 5.41) is 0. The summed E-state index contributed by atoms with van der Waals surface area (Å²) in [6.45, 7) is 13.3. The number of hydrogen-bond donors (Lipinski definition) is 0. The van der Waals surface area contributed by atoms with Crippen LogP contribution < -0.4 is 0 Å². The summed E-state index contributed by atoms with van der Waals surface area (Å²) >= 11 is 0. The monoisotopic (exact) mass is 542 g/mol. The van der Waals surface area contributed by atoms with Gasteiger partial charge >= 0.3 is 25.8 Å². The van der Waals surface area contributed by atoms with Crippen LogP contribution in [-0.2, 0) is 45.1 Å². The Kier molecular flexibility index (Phi) is 11.1. The van der Waals surface area contributed by atoms with Crippen LogP contribution in [0.1, 0.15) is 76.3 Å². The van der Waals surface area contributed by atoms with Crippen molar-refractivity contribution in [2.24, 2.45) is 0 Å². The molecule has 0 radical (unpaired) electrons. The average molecular weight is 541 g/mol. The second-order valence-corrected chi connectivity index (χ2v) is 7.80. The number of fused-ring (bicyclic) bond motifs is 3. The molecule has 0 nitrogen and oxygen atoms in total. The van der Waals surface area contributed by atoms with E-state index in [1.165, 1.54) is 71.1 Å². The molecule has 2 aromatic rings. The molecule has 0 bridgehead atoms. The Morgan fingerprint density at radius 2 is 1.50 bits per heavy atom. The number of rotatable bonds is 2. The van der Waals surface area contributed by atoms with Gasteiger partial charge in [-0.05, 0) is 19.3 Å². The summed E-state index contributed by atoms with van der Waals surface area (Å²) in [5.41, 5.74) is 15.2. The molecule has 28 heavy (non-hydrogen) atoms. The van der Waals surface area contributed by atoms with E-state index in [1.807, 2.05) is 0 Å². The number of allylic oxidation sites excluding steroid dienone is 2. The molecule has 0 saturated heterocycles. The first kappa shape index (κ1) is 27.2. The zero-order valence-electron chi connectivity index (χ0n) is 19.4. The van der Waals surface area contributed by atoms with Crippen LogP contribution in [-0.4, -0.2) is 0 Å². The topological polar surface area (TPSA) is 0 Å². The number of aryl methyl sites for hydroxylation is 1. The molecule has 0 saturated carbocycles. The SMILES string of the molecule is CCCC1=[C-]Cc2ccc3c(c21)CCC3.Cc1c(C)c(C)[c-](C)c1C.[CH3-].[CH3-].[Hf+4]. The predicted octanol–water partition coefficient (Wildman–Crippen LogP) is 7.56. The quantitative estimate of drug-likeness (QED) is 0.272. The van der Waals surface area contributed by atoms with Crippen molar-refractivity contribution in [2.45, 2.75) is 80.1 Å². The van der Waals surface area contributed by atoms with Crippen molar-refractivity contribution in [1.82, 2.24) is 0 Å². The first-order valence-corrected chi connectivity index (χ1v) is 9.89. The smallest absolute Gasteiger partial charge is 0.358 e. The standard InChI is InChI=1S/C15H17.C10H15.2CH3.Hf/c1-2-4-12-9-10-13-8-7-11-5-3-6-14(11)15(12)13;1-6-7(2)9(4)10(5)8(6)3;;;/h7-8H,2-6,10H2,1H3;1-5H3;2*1H3;/q4*-1;+4. The molecule has 2 aliphatic rings. The molecule has 0 unspecified atom stereocenters. The molecule has 0 heterocycles. The van der Waals surface area contributed by atoms with Gasteiger partial charge in [-0.1, -0.05) is 72.1 Å². The summed E-state index contributed by atoms with van der Waals surface area (Å²) in [5.74, 6) is 0. The Balaban J connectivity index is 0.000000503. The average Bonchev–Trinajstić information content (AvgIpc) is 3.28. The van der Waals surface area contributed by atoms with Gasteiger partial charge in [0.05, 0.1) is 0 Å². The van der Waals surface area contributed by atoms with E-state index in [4.69, 9.17) is 0 Å². The van der Waals surface area contributed by atoms with Crippen LogP contribution in [0.15, 0.2) is 12.1 Å². The fraction of sp³-hybridized carbons (Fsp3) is 0.444. The van der Waals surface area contributed by atoms with E-state index in [0.717, 1.165) is 6.42 Å². The van der Waals surface area contributed by atoms with E-state index in [1.54, 1.807) is 16.7 Å². The van der Waals surface area contributed by atoms with E-state index >= 15 is 0 Å². The Labute approximate surface area is 194 Å². The van der Waals surface area contributed by atoms with E-state index in [-0.39, 0.29) is 40.7 Å². The number of benzene rings is 1. The van der Waals surface area contributed by atoms with Crippen molar-refractivity contribution in [1.29, 1.82) is 0 Å². The van der Waals surface area contributed by atoms with E-state index in [2.05, 4.69) is 59.8 Å². The maximum absolute atomic E-state index is 3.57. The zero-order chi connectivity index (χ0) is 18.1. The third-order valence-corrected chi connectivity index (χ3v) is 6.48. The Bertz CT molecular complexity index is 737. The normalized spacial score (nSPS) is 13.1. The van der Waals surface area contributed by atoms with Gasteiger partial charge < -0.3 is 14.9 Å². The number of hydrogen-bond acceptors (Lipinski definition) is 0. The molecular formula is C27H38Hf. The van der Waals surface area contributed by atoms with Crippen LogP contribution in [0.4, 0.5) is 0 Å². The van der Waals surface area contributed by atoms with Crippen LogP contribution in [0.25, 0.3) is 5.57 Å². The van der Waals surface area contributed by atoms with Crippen molar-refractivity contribution in [3.8, 4) is 0 Å². The predicted molar refractivity (Wildman–Crippen MR) is 122 cm³/mol. The molecule has 150 valence electrons. The summed E-state index contributed by atoms with van der Waals surface area (Å²) in [6, 6.07) is 4.67. The van der Waals surface area contributed by atoms with E-state index in [9.17, 15) is 0 Å². The molecule has 2 aromatic carbocycles. The van der Waals surface area contributed by atoms with Gasteiger partial charge in [-0.3, -0.25) is 6.08 Å². The molecule has 0 amide bonds. The minimum atomic E-state index is 0. The maximum Gasteiger partial charge on any atom is 4.00 e. The largest absolute Gasteiger partial charge is 4.00 e. The van der Waals surface area contributed by atoms with Gasteiger partial charge in [0, 0.05) is 0 Å². The van der Waals surface area contributed by atoms with Crippen molar-refractivity contribution in [3.05, 3.63) is 83.1 Å². The van der Waals surface area contributed by atoms with Gasteiger partial charge in [-0.25, -0.2) is 5.57 Å². The van der Waals surface area contributed by atoms with Crippen LogP contribution in [0.3, 0.4) is 0 Å². The van der Waals surface area contributed by atoms with Crippen molar-refractivity contribution in [3.63, 3.8) is 0 Å². The summed E-state index contributed by atoms with van der Waals surface area (Å²) in [6.07, 6.45) is 11.0. The van der Waals surface area contributed by atoms with Crippen molar-refractivity contribution in [2.75, 3.05) is 0 Å². The molecule has 0 fully saturated rings. The molecule has 0 spiro atoms. The van der Waals surface area contributed by atoms with Crippen molar-refractivity contribution < 1.29 is 25.8 Å². The van der Waals surface area contributed by atoms with Crippen LogP contribution in [0.5, 0.6) is 0 Å². The molecule has 2 aliphatic carbocycles. The molecule has 0 N–H and O–H groups in total. The van der Waals surface area contributed by atoms with Crippen LogP contribution >= 0.6 is 0 Å². The molecular weight excluding hydrogens is 503 g/mol.